The molecule has 0 radical (unpaired) electrons. The zero-order valence-electron chi connectivity index (χ0n) is 15.1. The van der Waals surface area contributed by atoms with Crippen molar-refractivity contribution in [3.8, 4) is 11.8 Å². The lowest BCUT2D eigenvalue weighted by atomic mass is 10.00. The van der Waals surface area contributed by atoms with Crippen LogP contribution in [0.25, 0.3) is 10.9 Å². The highest BCUT2D eigenvalue weighted by Crippen LogP contribution is 2.64. The zero-order valence-corrected chi connectivity index (χ0v) is 15.1. The molecule has 1 atom stereocenters. The molecule has 140 valence electrons. The van der Waals surface area contributed by atoms with Crippen molar-refractivity contribution in [3.05, 3.63) is 70.0 Å². The average molecular weight is 377 g/mol. The Bertz CT molecular complexity index is 1210. The molecule has 0 saturated heterocycles. The van der Waals surface area contributed by atoms with E-state index in [-0.39, 0.29) is 18.5 Å². The third-order valence-corrected chi connectivity index (χ3v) is 5.76. The Kier molecular flexibility index (Phi) is 3.63. The minimum atomic E-state index is -2.67. The summed E-state index contributed by atoms with van der Waals surface area (Å²) in [5.41, 5.74) is 0.642. The molecule has 0 bridgehead atoms. The van der Waals surface area contributed by atoms with Gasteiger partial charge >= 0.3 is 0 Å². The second kappa shape index (κ2) is 5.96. The van der Waals surface area contributed by atoms with Crippen LogP contribution in [0.5, 0.6) is 0 Å². The lowest BCUT2D eigenvalue weighted by Crippen LogP contribution is -2.29. The Balaban J connectivity index is 1.56. The van der Waals surface area contributed by atoms with Gasteiger partial charge in [-0.3, -0.25) is 9.36 Å². The highest BCUT2D eigenvalue weighted by atomic mass is 19.3. The second-order valence-electron chi connectivity index (χ2n) is 7.63. The lowest BCUT2D eigenvalue weighted by molar-refractivity contribution is 0.0536. The molecule has 3 heterocycles. The van der Waals surface area contributed by atoms with Gasteiger partial charge in [-0.2, -0.15) is 0 Å². The second-order valence-corrected chi connectivity index (χ2v) is 7.63. The lowest BCUT2D eigenvalue weighted by Gasteiger charge is -2.16. The van der Waals surface area contributed by atoms with Crippen molar-refractivity contribution in [2.45, 2.75) is 38.2 Å². The molecule has 4 nitrogen and oxygen atoms in total. The van der Waals surface area contributed by atoms with Gasteiger partial charge in [-0.1, -0.05) is 12.0 Å². The van der Waals surface area contributed by atoms with Crippen molar-refractivity contribution in [2.24, 2.45) is 5.41 Å². The summed E-state index contributed by atoms with van der Waals surface area (Å²) in [7, 11) is 0. The average Bonchev–Trinajstić information content (AvgIpc) is 3.29. The van der Waals surface area contributed by atoms with Crippen molar-refractivity contribution in [3.63, 3.8) is 0 Å². The minimum Gasteiger partial charge on any atom is -0.295 e. The normalized spacial score (nSPS) is 22.2. The fraction of sp³-hybridized carbons (Fsp3) is 0.318. The number of benzene rings is 1. The molecule has 2 aliphatic rings. The van der Waals surface area contributed by atoms with Crippen molar-refractivity contribution in [1.29, 1.82) is 0 Å². The van der Waals surface area contributed by atoms with Crippen molar-refractivity contribution in [1.82, 2.24) is 14.5 Å². The van der Waals surface area contributed by atoms with Crippen LogP contribution in [0.3, 0.4) is 0 Å². The van der Waals surface area contributed by atoms with Gasteiger partial charge in [0.2, 0.25) is 0 Å². The molecule has 1 spiro atoms. The Morgan fingerprint density at radius 3 is 2.75 bits per heavy atom. The predicted octanol–water partition coefficient (Wildman–Crippen LogP) is 3.55. The third-order valence-electron chi connectivity index (χ3n) is 5.76. The van der Waals surface area contributed by atoms with Crippen molar-refractivity contribution in [2.75, 3.05) is 0 Å². The number of pyridine rings is 1. The van der Waals surface area contributed by atoms with Gasteiger partial charge in [0.15, 0.2) is 0 Å². The monoisotopic (exact) mass is 377 g/mol. The van der Waals surface area contributed by atoms with E-state index in [1.807, 2.05) is 18.2 Å². The molecular formula is C22H17F2N3O. The molecule has 0 amide bonds. The summed E-state index contributed by atoms with van der Waals surface area (Å²) in [6.07, 6.45) is 3.13. The summed E-state index contributed by atoms with van der Waals surface area (Å²) >= 11 is 0. The molecule has 1 aromatic carbocycles. The van der Waals surface area contributed by atoms with Gasteiger partial charge < -0.3 is 0 Å². The number of aromatic nitrogens is 3. The molecular weight excluding hydrogens is 360 g/mol. The highest BCUT2D eigenvalue weighted by molar-refractivity contribution is 5.79. The van der Waals surface area contributed by atoms with Gasteiger partial charge in [0.05, 0.1) is 16.3 Å². The van der Waals surface area contributed by atoms with E-state index >= 15 is 0 Å². The van der Waals surface area contributed by atoms with E-state index in [0.29, 0.717) is 41.7 Å². The molecule has 0 N–H and O–H groups in total. The Morgan fingerprint density at radius 1 is 1.14 bits per heavy atom. The third kappa shape index (κ3) is 2.70. The quantitative estimate of drug-likeness (QED) is 0.563. The molecule has 1 unspecified atom stereocenters. The van der Waals surface area contributed by atoms with Crippen LogP contribution in [0.4, 0.5) is 8.78 Å². The summed E-state index contributed by atoms with van der Waals surface area (Å²) in [4.78, 5) is 21.8. The molecule has 2 aromatic heterocycles. The molecule has 6 heteroatoms. The maximum atomic E-state index is 13.9. The molecule has 1 aliphatic heterocycles. The molecule has 1 aliphatic carbocycles. The number of rotatable bonds is 0. The summed E-state index contributed by atoms with van der Waals surface area (Å²) in [5.74, 6) is 3.94. The first-order chi connectivity index (χ1) is 13.5. The van der Waals surface area contributed by atoms with Gasteiger partial charge in [0.1, 0.15) is 11.5 Å². The van der Waals surface area contributed by atoms with Crippen LogP contribution in [0.2, 0.25) is 0 Å². The topological polar surface area (TPSA) is 47.8 Å². The highest BCUT2D eigenvalue weighted by Gasteiger charge is 2.70. The van der Waals surface area contributed by atoms with Crippen LogP contribution in [0, 0.1) is 17.3 Å². The van der Waals surface area contributed by atoms with Crippen LogP contribution in [-0.4, -0.2) is 20.5 Å². The first-order valence-corrected chi connectivity index (χ1v) is 9.32. The van der Waals surface area contributed by atoms with Crippen LogP contribution in [0.15, 0.2) is 47.4 Å². The first-order valence-electron chi connectivity index (χ1n) is 9.32. The number of halogens is 2. The molecule has 1 saturated carbocycles. The van der Waals surface area contributed by atoms with Crippen LogP contribution in [-0.2, 0) is 13.0 Å². The summed E-state index contributed by atoms with van der Waals surface area (Å²) in [6, 6.07) is 10.7. The number of alkyl halides is 2. The van der Waals surface area contributed by atoms with E-state index < -0.39 is 11.3 Å². The van der Waals surface area contributed by atoms with E-state index in [4.69, 9.17) is 0 Å². The van der Waals surface area contributed by atoms with Crippen molar-refractivity contribution >= 4 is 10.9 Å². The van der Waals surface area contributed by atoms with Crippen LogP contribution >= 0.6 is 0 Å². The number of hydrogen-bond acceptors (Lipinski definition) is 3. The fourth-order valence-electron chi connectivity index (χ4n) is 4.06. The molecule has 3 aromatic rings. The van der Waals surface area contributed by atoms with Crippen LogP contribution in [0.1, 0.15) is 36.3 Å². The van der Waals surface area contributed by atoms with E-state index in [1.54, 1.807) is 24.4 Å². The molecule has 1 fully saturated rings. The summed E-state index contributed by atoms with van der Waals surface area (Å²) in [6.45, 7) is 0.0539. The predicted molar refractivity (Wildman–Crippen MR) is 101 cm³/mol. The van der Waals surface area contributed by atoms with Gasteiger partial charge in [0.25, 0.3) is 11.5 Å². The van der Waals surface area contributed by atoms with Crippen molar-refractivity contribution < 1.29 is 8.78 Å². The SMILES string of the molecule is O=c1c2ccc(C#Cc3ccccn3)cc2nc2n1CC1(CCC2)CC1(F)F. The Morgan fingerprint density at radius 2 is 2.00 bits per heavy atom. The van der Waals surface area contributed by atoms with Gasteiger partial charge in [-0.15, -0.1) is 0 Å². The molecule has 28 heavy (non-hydrogen) atoms. The maximum Gasteiger partial charge on any atom is 0.261 e. The van der Waals surface area contributed by atoms with Crippen LogP contribution < -0.4 is 5.56 Å². The zero-order chi connectivity index (χ0) is 19.4. The number of hydrogen-bond donors (Lipinski definition) is 0. The first kappa shape index (κ1) is 17.1. The van der Waals surface area contributed by atoms with E-state index in [0.717, 1.165) is 5.56 Å². The number of aryl methyl sites for hydroxylation is 1. The van der Waals surface area contributed by atoms with E-state index in [2.05, 4.69) is 21.8 Å². The largest absolute Gasteiger partial charge is 0.295 e. The minimum absolute atomic E-state index is 0.0539. The Labute approximate surface area is 160 Å². The Hall–Kier alpha value is -3.07. The maximum absolute atomic E-state index is 13.9. The number of fused-ring (bicyclic) bond motifs is 2. The van der Waals surface area contributed by atoms with Gasteiger partial charge in [-0.25, -0.2) is 18.7 Å². The smallest absolute Gasteiger partial charge is 0.261 e. The van der Waals surface area contributed by atoms with E-state index in [1.165, 1.54) is 4.57 Å². The number of nitrogens with zero attached hydrogens (tertiary/aromatic N) is 3. The summed E-state index contributed by atoms with van der Waals surface area (Å²) in [5, 5.41) is 0.438. The molecule has 5 rings (SSSR count). The van der Waals surface area contributed by atoms with Gasteiger partial charge in [-0.05, 0) is 49.1 Å². The summed E-state index contributed by atoms with van der Waals surface area (Å²) < 4.78 is 29.3. The fourth-order valence-corrected chi connectivity index (χ4v) is 4.06. The standard InChI is InChI=1S/C22H17F2N3O/c23-22(24)13-21(22)10-3-5-19-26-18-12-15(6-8-16-4-1-2-11-25-16)7-9-17(18)20(28)27(19)14-21/h1-2,4,7,9,11-12H,3,5,10,13-14H2. The van der Waals surface area contributed by atoms with Gasteiger partial charge in [0, 0.05) is 31.1 Å². The van der Waals surface area contributed by atoms with E-state index in [9.17, 15) is 13.6 Å².